The van der Waals surface area contributed by atoms with Crippen LogP contribution in [0.4, 0.5) is 0 Å². The zero-order chi connectivity index (χ0) is 18.5. The van der Waals surface area contributed by atoms with Crippen molar-refractivity contribution in [1.29, 1.82) is 0 Å². The molecule has 1 fully saturated rings. The second kappa shape index (κ2) is 8.53. The van der Waals surface area contributed by atoms with Crippen LogP contribution in [-0.4, -0.2) is 59.6 Å². The van der Waals surface area contributed by atoms with Crippen molar-refractivity contribution >= 4 is 0 Å². The van der Waals surface area contributed by atoms with Crippen LogP contribution in [0.15, 0.2) is 30.6 Å². The summed E-state index contributed by atoms with van der Waals surface area (Å²) in [4.78, 5) is 6.80. The lowest BCUT2D eigenvalue weighted by Crippen LogP contribution is -2.46. The average Bonchev–Trinajstić information content (AvgIpc) is 3.14. The van der Waals surface area contributed by atoms with Crippen LogP contribution < -0.4 is 9.47 Å². The minimum Gasteiger partial charge on any atom is -0.493 e. The molecule has 0 unspecified atom stereocenters. The van der Waals surface area contributed by atoms with Crippen molar-refractivity contribution in [2.24, 2.45) is 0 Å². The van der Waals surface area contributed by atoms with Crippen LogP contribution in [-0.2, 0) is 17.8 Å². The molecular weight excluding hydrogens is 334 g/mol. The highest BCUT2D eigenvalue weighted by Gasteiger charge is 2.34. The molecule has 2 aromatic rings. The lowest BCUT2D eigenvalue weighted by Gasteiger charge is -2.40. The summed E-state index contributed by atoms with van der Waals surface area (Å²) in [6.45, 7) is 4.99. The predicted molar refractivity (Wildman–Crippen MR) is 97.4 cm³/mol. The molecule has 1 aliphatic rings. The Morgan fingerprint density at radius 1 is 1.27 bits per heavy atom. The maximum Gasteiger partial charge on any atom is 0.161 e. The monoisotopic (exact) mass is 361 g/mol. The molecule has 0 radical (unpaired) electrons. The number of aliphatic hydroxyl groups is 1. The Morgan fingerprint density at radius 2 is 2.08 bits per heavy atom. The lowest BCUT2D eigenvalue weighted by molar-refractivity contribution is -0.0969. The van der Waals surface area contributed by atoms with E-state index in [9.17, 15) is 5.11 Å². The summed E-state index contributed by atoms with van der Waals surface area (Å²) in [5.74, 6) is 2.36. The van der Waals surface area contributed by atoms with E-state index in [2.05, 4.69) is 21.4 Å². The number of hydrogen-bond acceptors (Lipinski definition) is 6. The van der Waals surface area contributed by atoms with E-state index in [4.69, 9.17) is 14.2 Å². The first-order chi connectivity index (χ1) is 12.7. The summed E-state index contributed by atoms with van der Waals surface area (Å²) in [6.07, 6.45) is 3.52. The average molecular weight is 361 g/mol. The molecule has 26 heavy (non-hydrogen) atoms. The fourth-order valence-corrected chi connectivity index (χ4v) is 3.54. The number of methoxy groups -OCH3 is 2. The first-order valence-corrected chi connectivity index (χ1v) is 8.90. The second-order valence-corrected chi connectivity index (χ2v) is 6.25. The van der Waals surface area contributed by atoms with Gasteiger partial charge in [-0.25, -0.2) is 4.98 Å². The molecule has 2 heterocycles. The van der Waals surface area contributed by atoms with Crippen molar-refractivity contribution in [1.82, 2.24) is 14.5 Å². The molecule has 7 nitrogen and oxygen atoms in total. The minimum atomic E-state index is -0.299. The molecule has 142 valence electrons. The molecule has 1 aliphatic heterocycles. The van der Waals surface area contributed by atoms with E-state index in [1.165, 1.54) is 0 Å². The molecule has 0 bridgehead atoms. The minimum absolute atomic E-state index is 0.0439. The molecule has 0 aliphatic carbocycles. The number of morpholine rings is 1. The van der Waals surface area contributed by atoms with Crippen molar-refractivity contribution in [2.45, 2.75) is 32.2 Å². The van der Waals surface area contributed by atoms with E-state index < -0.39 is 0 Å². The topological polar surface area (TPSA) is 69.0 Å². The number of hydrogen-bond donors (Lipinski definition) is 1. The summed E-state index contributed by atoms with van der Waals surface area (Å²) < 4.78 is 18.8. The van der Waals surface area contributed by atoms with Crippen molar-refractivity contribution in [3.63, 3.8) is 0 Å². The summed E-state index contributed by atoms with van der Waals surface area (Å²) in [6, 6.07) is 5.76. The molecule has 1 saturated heterocycles. The third-order valence-corrected chi connectivity index (χ3v) is 4.87. The van der Waals surface area contributed by atoms with Gasteiger partial charge in [0.2, 0.25) is 0 Å². The van der Waals surface area contributed by atoms with Crippen LogP contribution in [0.3, 0.4) is 0 Å². The number of nitrogens with zero attached hydrogens (tertiary/aromatic N) is 3. The van der Waals surface area contributed by atoms with E-state index in [1.54, 1.807) is 14.2 Å². The number of aliphatic hydroxyl groups excluding tert-OH is 1. The molecule has 7 heteroatoms. The zero-order valence-corrected chi connectivity index (χ0v) is 15.6. The third kappa shape index (κ3) is 3.70. The molecule has 1 aromatic carbocycles. The molecule has 0 amide bonds. The first-order valence-electron chi connectivity index (χ1n) is 8.90. The Balaban J connectivity index is 1.93. The number of imidazole rings is 1. The smallest absolute Gasteiger partial charge is 0.161 e. The molecule has 3 rings (SSSR count). The van der Waals surface area contributed by atoms with Gasteiger partial charge in [0.25, 0.3) is 0 Å². The Kier molecular flexibility index (Phi) is 6.13. The van der Waals surface area contributed by atoms with E-state index in [0.717, 1.165) is 24.5 Å². The van der Waals surface area contributed by atoms with Gasteiger partial charge in [0.1, 0.15) is 11.9 Å². The predicted octanol–water partition coefficient (Wildman–Crippen LogP) is 1.85. The van der Waals surface area contributed by atoms with Crippen molar-refractivity contribution in [3.05, 3.63) is 42.0 Å². The number of aryl methyl sites for hydroxylation is 1. The SMILES string of the molecule is CCn1ccnc1CN1CCO[C@H](CO)[C@H]1c1ccc(OC)c(OC)c1. The van der Waals surface area contributed by atoms with Gasteiger partial charge >= 0.3 is 0 Å². The van der Waals surface area contributed by atoms with Crippen molar-refractivity contribution in [2.75, 3.05) is 34.0 Å². The van der Waals surface area contributed by atoms with Gasteiger partial charge in [0.15, 0.2) is 11.5 Å². The summed E-state index contributed by atoms with van der Waals surface area (Å²) in [5.41, 5.74) is 1.02. The van der Waals surface area contributed by atoms with Gasteiger partial charge in [-0.3, -0.25) is 4.90 Å². The van der Waals surface area contributed by atoms with Crippen LogP contribution in [0.5, 0.6) is 11.5 Å². The Hall–Kier alpha value is -2.09. The Bertz CT molecular complexity index is 719. The van der Waals surface area contributed by atoms with Crippen LogP contribution in [0.1, 0.15) is 24.4 Å². The molecule has 0 spiro atoms. The lowest BCUT2D eigenvalue weighted by atomic mass is 9.97. The van der Waals surface area contributed by atoms with Crippen LogP contribution >= 0.6 is 0 Å². The zero-order valence-electron chi connectivity index (χ0n) is 15.6. The van der Waals surface area contributed by atoms with Gasteiger partial charge in [-0.05, 0) is 24.6 Å². The molecule has 1 N–H and O–H groups in total. The van der Waals surface area contributed by atoms with Gasteiger partial charge in [-0.2, -0.15) is 0 Å². The molecular formula is C19H27N3O4. The number of aromatic nitrogens is 2. The van der Waals surface area contributed by atoms with E-state index in [1.807, 2.05) is 30.6 Å². The van der Waals surface area contributed by atoms with Crippen LogP contribution in [0, 0.1) is 0 Å². The van der Waals surface area contributed by atoms with E-state index in [-0.39, 0.29) is 18.8 Å². The Morgan fingerprint density at radius 3 is 2.77 bits per heavy atom. The highest BCUT2D eigenvalue weighted by atomic mass is 16.5. The molecule has 2 atom stereocenters. The fraction of sp³-hybridized carbons (Fsp3) is 0.526. The molecule has 1 aromatic heterocycles. The summed E-state index contributed by atoms with van der Waals surface area (Å²) in [7, 11) is 3.24. The normalized spacial score (nSPS) is 20.9. The number of ether oxygens (including phenoxy) is 3. The van der Waals surface area contributed by atoms with Crippen molar-refractivity contribution in [3.8, 4) is 11.5 Å². The maximum absolute atomic E-state index is 9.87. The van der Waals surface area contributed by atoms with Crippen LogP contribution in [0.25, 0.3) is 0 Å². The van der Waals surface area contributed by atoms with Gasteiger partial charge in [-0.15, -0.1) is 0 Å². The van der Waals surface area contributed by atoms with E-state index in [0.29, 0.717) is 24.7 Å². The largest absolute Gasteiger partial charge is 0.493 e. The second-order valence-electron chi connectivity index (χ2n) is 6.25. The Labute approximate surface area is 154 Å². The third-order valence-electron chi connectivity index (χ3n) is 4.87. The highest BCUT2D eigenvalue weighted by Crippen LogP contribution is 2.36. The van der Waals surface area contributed by atoms with Crippen molar-refractivity contribution < 1.29 is 19.3 Å². The maximum atomic E-state index is 9.87. The van der Waals surface area contributed by atoms with Gasteiger partial charge in [0.05, 0.1) is 40.0 Å². The summed E-state index contributed by atoms with van der Waals surface area (Å²) in [5, 5.41) is 9.87. The van der Waals surface area contributed by atoms with Gasteiger partial charge < -0.3 is 23.9 Å². The quantitative estimate of drug-likeness (QED) is 0.812. The fourth-order valence-electron chi connectivity index (χ4n) is 3.54. The first kappa shape index (κ1) is 18.7. The number of rotatable bonds is 7. The highest BCUT2D eigenvalue weighted by molar-refractivity contribution is 5.44. The standard InChI is InChI=1S/C19H27N3O4/c1-4-21-8-7-20-18(21)12-22-9-10-26-17(13-23)19(22)14-5-6-15(24-2)16(11-14)25-3/h5-8,11,17,19,23H,4,9-10,12-13H2,1-3H3/t17-,19-/m1/s1. The van der Waals surface area contributed by atoms with Gasteiger partial charge in [-0.1, -0.05) is 6.07 Å². The van der Waals surface area contributed by atoms with Crippen LogP contribution in [0.2, 0.25) is 0 Å². The van der Waals surface area contributed by atoms with Gasteiger partial charge in [0, 0.05) is 25.5 Å². The number of benzene rings is 1. The van der Waals surface area contributed by atoms with E-state index >= 15 is 0 Å². The molecule has 0 saturated carbocycles. The summed E-state index contributed by atoms with van der Waals surface area (Å²) >= 11 is 0.